The van der Waals surface area contributed by atoms with Crippen LogP contribution < -0.4 is 0 Å². The molecule has 3 heterocycles. The van der Waals surface area contributed by atoms with Crippen molar-refractivity contribution in [3.05, 3.63) is 65.5 Å². The lowest BCUT2D eigenvalue weighted by molar-refractivity contribution is -0.137. The third-order valence-corrected chi connectivity index (χ3v) is 5.96. The Morgan fingerprint density at radius 1 is 1.11 bits per heavy atom. The van der Waals surface area contributed by atoms with E-state index >= 15 is 0 Å². The smallest absolute Gasteiger partial charge is 0.227 e. The molecule has 0 saturated carbocycles. The Morgan fingerprint density at radius 2 is 2.00 bits per heavy atom. The molecule has 28 heavy (non-hydrogen) atoms. The van der Waals surface area contributed by atoms with Crippen molar-refractivity contribution in [2.45, 2.75) is 38.3 Å². The van der Waals surface area contributed by atoms with Gasteiger partial charge in [-0.25, -0.2) is 8.78 Å². The van der Waals surface area contributed by atoms with Crippen LogP contribution in [-0.2, 0) is 17.8 Å². The second-order valence-corrected chi connectivity index (χ2v) is 7.79. The number of halogens is 2. The standard InChI is InChI=1S/C22H25F2N3O/c23-19-8-3-5-16(22(19)24)13-21(28)27-11-4-6-17-14-26(12-9-20(17)27)15-18-7-1-2-10-25-18/h1-3,5,7-8,10,17,20H,4,6,9,11-15H2/t17-,20+/m1/s1. The first-order valence-corrected chi connectivity index (χ1v) is 9.96. The summed E-state index contributed by atoms with van der Waals surface area (Å²) in [7, 11) is 0. The lowest BCUT2D eigenvalue weighted by Crippen LogP contribution is -2.55. The van der Waals surface area contributed by atoms with Gasteiger partial charge in [-0.05, 0) is 43.4 Å². The molecule has 0 bridgehead atoms. The first-order chi connectivity index (χ1) is 13.6. The van der Waals surface area contributed by atoms with Crippen molar-refractivity contribution in [2.75, 3.05) is 19.6 Å². The zero-order valence-electron chi connectivity index (χ0n) is 15.9. The summed E-state index contributed by atoms with van der Waals surface area (Å²) in [4.78, 5) is 21.6. The summed E-state index contributed by atoms with van der Waals surface area (Å²) >= 11 is 0. The van der Waals surface area contributed by atoms with Crippen LogP contribution in [0, 0.1) is 17.6 Å². The fourth-order valence-corrected chi connectivity index (χ4v) is 4.60. The van der Waals surface area contributed by atoms with E-state index in [4.69, 9.17) is 0 Å². The normalized spacial score (nSPS) is 22.7. The number of piperidine rings is 2. The van der Waals surface area contributed by atoms with Gasteiger partial charge >= 0.3 is 0 Å². The number of hydrogen-bond donors (Lipinski definition) is 0. The van der Waals surface area contributed by atoms with Crippen LogP contribution in [0.3, 0.4) is 0 Å². The number of benzene rings is 1. The molecule has 2 atom stereocenters. The molecule has 0 spiro atoms. The molecule has 0 aliphatic carbocycles. The van der Waals surface area contributed by atoms with Crippen LogP contribution in [-0.4, -0.2) is 46.4 Å². The van der Waals surface area contributed by atoms with Gasteiger partial charge in [0.1, 0.15) is 0 Å². The van der Waals surface area contributed by atoms with E-state index in [2.05, 4.69) is 9.88 Å². The maximum atomic E-state index is 14.0. The quantitative estimate of drug-likeness (QED) is 0.809. The lowest BCUT2D eigenvalue weighted by Gasteiger charge is -2.47. The minimum atomic E-state index is -0.908. The van der Waals surface area contributed by atoms with E-state index in [9.17, 15) is 13.6 Å². The fourth-order valence-electron chi connectivity index (χ4n) is 4.60. The van der Waals surface area contributed by atoms with E-state index in [1.165, 1.54) is 12.1 Å². The summed E-state index contributed by atoms with van der Waals surface area (Å²) < 4.78 is 27.4. The molecule has 4 nitrogen and oxygen atoms in total. The number of aromatic nitrogens is 1. The number of carbonyl (C=O) groups is 1. The molecule has 2 aromatic rings. The minimum absolute atomic E-state index is 0.0789. The summed E-state index contributed by atoms with van der Waals surface area (Å²) in [6.07, 6.45) is 4.70. The van der Waals surface area contributed by atoms with Crippen molar-refractivity contribution in [1.82, 2.24) is 14.8 Å². The minimum Gasteiger partial charge on any atom is -0.339 e. The molecule has 4 rings (SSSR count). The summed E-state index contributed by atoms with van der Waals surface area (Å²) in [6, 6.07) is 10.2. The van der Waals surface area contributed by atoms with E-state index in [-0.39, 0.29) is 23.9 Å². The molecule has 2 aliphatic rings. The Bertz CT molecular complexity index is 830. The molecule has 2 saturated heterocycles. The van der Waals surface area contributed by atoms with Crippen LogP contribution in [0.25, 0.3) is 0 Å². The van der Waals surface area contributed by atoms with Gasteiger partial charge in [0.15, 0.2) is 11.6 Å². The number of pyridine rings is 1. The average Bonchev–Trinajstić information content (AvgIpc) is 2.71. The van der Waals surface area contributed by atoms with Gasteiger partial charge in [0.2, 0.25) is 5.91 Å². The summed E-state index contributed by atoms with van der Waals surface area (Å²) in [5.74, 6) is -1.48. The summed E-state index contributed by atoms with van der Waals surface area (Å²) in [6.45, 7) is 3.39. The zero-order chi connectivity index (χ0) is 19.5. The average molecular weight is 385 g/mol. The fraction of sp³-hybridized carbons (Fsp3) is 0.455. The molecule has 6 heteroatoms. The van der Waals surface area contributed by atoms with Crippen LogP contribution in [0.4, 0.5) is 8.78 Å². The highest BCUT2D eigenvalue weighted by atomic mass is 19.2. The lowest BCUT2D eigenvalue weighted by atomic mass is 9.83. The highest BCUT2D eigenvalue weighted by Gasteiger charge is 2.38. The second-order valence-electron chi connectivity index (χ2n) is 7.79. The molecule has 2 fully saturated rings. The second kappa shape index (κ2) is 8.35. The predicted molar refractivity (Wildman–Crippen MR) is 102 cm³/mol. The monoisotopic (exact) mass is 385 g/mol. The molecule has 2 aliphatic heterocycles. The summed E-state index contributed by atoms with van der Waals surface area (Å²) in [5.41, 5.74) is 1.20. The number of hydrogen-bond acceptors (Lipinski definition) is 3. The van der Waals surface area contributed by atoms with E-state index < -0.39 is 11.6 Å². The van der Waals surface area contributed by atoms with Crippen molar-refractivity contribution < 1.29 is 13.6 Å². The zero-order valence-corrected chi connectivity index (χ0v) is 15.9. The van der Waals surface area contributed by atoms with Crippen LogP contribution in [0.2, 0.25) is 0 Å². The largest absolute Gasteiger partial charge is 0.339 e. The third-order valence-electron chi connectivity index (χ3n) is 5.96. The maximum Gasteiger partial charge on any atom is 0.227 e. The molecule has 1 aromatic heterocycles. The number of carbonyl (C=O) groups excluding carboxylic acids is 1. The first-order valence-electron chi connectivity index (χ1n) is 9.96. The predicted octanol–water partition coefficient (Wildman–Crippen LogP) is 3.42. The molecular weight excluding hydrogens is 360 g/mol. The number of amides is 1. The van der Waals surface area contributed by atoms with Crippen molar-refractivity contribution in [2.24, 2.45) is 5.92 Å². The molecule has 0 unspecified atom stereocenters. The molecule has 1 aromatic carbocycles. The Morgan fingerprint density at radius 3 is 2.82 bits per heavy atom. The Kier molecular flexibility index (Phi) is 5.67. The van der Waals surface area contributed by atoms with Crippen LogP contribution in [0.5, 0.6) is 0 Å². The van der Waals surface area contributed by atoms with Gasteiger partial charge in [-0.15, -0.1) is 0 Å². The van der Waals surface area contributed by atoms with Gasteiger partial charge in [0.05, 0.1) is 12.1 Å². The van der Waals surface area contributed by atoms with Crippen molar-refractivity contribution in [3.8, 4) is 0 Å². The number of rotatable bonds is 4. The van der Waals surface area contributed by atoms with Crippen LogP contribution in [0.1, 0.15) is 30.5 Å². The highest BCUT2D eigenvalue weighted by molar-refractivity contribution is 5.79. The van der Waals surface area contributed by atoms with Gasteiger partial charge in [0.25, 0.3) is 0 Å². The molecule has 0 radical (unpaired) electrons. The Labute approximate surface area is 164 Å². The maximum absolute atomic E-state index is 14.0. The van der Waals surface area contributed by atoms with Gasteiger partial charge < -0.3 is 4.90 Å². The highest BCUT2D eigenvalue weighted by Crippen LogP contribution is 2.31. The Hall–Kier alpha value is -2.34. The van der Waals surface area contributed by atoms with Gasteiger partial charge in [0, 0.05) is 44.0 Å². The molecule has 1 amide bonds. The number of nitrogens with zero attached hydrogens (tertiary/aromatic N) is 3. The van der Waals surface area contributed by atoms with Crippen LogP contribution >= 0.6 is 0 Å². The molecule has 0 N–H and O–H groups in total. The van der Waals surface area contributed by atoms with E-state index in [0.717, 1.165) is 50.7 Å². The number of fused-ring (bicyclic) bond motifs is 1. The van der Waals surface area contributed by atoms with Crippen molar-refractivity contribution in [1.29, 1.82) is 0 Å². The van der Waals surface area contributed by atoms with Crippen molar-refractivity contribution in [3.63, 3.8) is 0 Å². The van der Waals surface area contributed by atoms with Gasteiger partial charge in [-0.2, -0.15) is 0 Å². The first kappa shape index (κ1) is 19.0. The van der Waals surface area contributed by atoms with Gasteiger partial charge in [-0.1, -0.05) is 18.2 Å². The van der Waals surface area contributed by atoms with E-state index in [1.54, 1.807) is 0 Å². The third kappa shape index (κ3) is 4.07. The Balaban J connectivity index is 1.40. The van der Waals surface area contributed by atoms with Crippen LogP contribution in [0.15, 0.2) is 42.6 Å². The number of likely N-dealkylation sites (tertiary alicyclic amines) is 2. The van der Waals surface area contributed by atoms with E-state index in [1.807, 2.05) is 29.3 Å². The molecule has 148 valence electrons. The SMILES string of the molecule is O=C(Cc1cccc(F)c1F)N1CCC[C@@H]2CN(Cc3ccccn3)CC[C@@H]21. The molecular formula is C22H25F2N3O. The van der Waals surface area contributed by atoms with Gasteiger partial charge in [-0.3, -0.25) is 14.7 Å². The summed E-state index contributed by atoms with van der Waals surface area (Å²) in [5, 5.41) is 0. The van der Waals surface area contributed by atoms with E-state index in [0.29, 0.717) is 12.5 Å². The van der Waals surface area contributed by atoms with Crippen molar-refractivity contribution >= 4 is 5.91 Å². The topological polar surface area (TPSA) is 36.4 Å².